The molecule has 1 fully saturated rings. The zero-order valence-electron chi connectivity index (χ0n) is 16.3. The van der Waals surface area contributed by atoms with Crippen molar-refractivity contribution < 1.29 is 14.0 Å². The van der Waals surface area contributed by atoms with Gasteiger partial charge in [0, 0.05) is 11.6 Å². The number of ether oxygens (including phenoxy) is 2. The van der Waals surface area contributed by atoms with E-state index >= 15 is 0 Å². The van der Waals surface area contributed by atoms with E-state index in [0.717, 1.165) is 36.4 Å². The zero-order chi connectivity index (χ0) is 19.3. The molecule has 0 amide bonds. The highest BCUT2D eigenvalue weighted by atomic mass is 16.5. The summed E-state index contributed by atoms with van der Waals surface area (Å²) >= 11 is 0. The minimum Gasteiger partial charge on any atom is -0.497 e. The number of hydrogen-bond acceptors (Lipinski definition) is 6. The molecular weight excluding hydrogens is 354 g/mol. The highest BCUT2D eigenvalue weighted by molar-refractivity contribution is 5.55. The Kier molecular flexibility index (Phi) is 5.58. The van der Waals surface area contributed by atoms with Crippen molar-refractivity contribution in [3.8, 4) is 22.9 Å². The Morgan fingerprint density at radius 1 is 1.07 bits per heavy atom. The molecule has 1 aromatic heterocycles. The van der Waals surface area contributed by atoms with E-state index in [0.29, 0.717) is 30.9 Å². The molecule has 2 heterocycles. The first-order valence-corrected chi connectivity index (χ1v) is 9.70. The maximum Gasteiger partial charge on any atom is 0.241 e. The van der Waals surface area contributed by atoms with Gasteiger partial charge in [0.2, 0.25) is 11.7 Å². The molecule has 1 aliphatic heterocycles. The Bertz CT molecular complexity index is 890. The smallest absolute Gasteiger partial charge is 0.241 e. The van der Waals surface area contributed by atoms with Crippen LogP contribution < -0.4 is 9.47 Å². The zero-order valence-corrected chi connectivity index (χ0v) is 16.3. The second-order valence-corrected chi connectivity index (χ2v) is 6.87. The summed E-state index contributed by atoms with van der Waals surface area (Å²) in [5.41, 5.74) is 2.22. The maximum absolute atomic E-state index is 5.53. The Morgan fingerprint density at radius 2 is 1.82 bits per heavy atom. The third-order valence-corrected chi connectivity index (χ3v) is 5.09. The molecular formula is C22H25N3O3. The quantitative estimate of drug-likeness (QED) is 0.603. The second kappa shape index (κ2) is 8.44. The van der Waals surface area contributed by atoms with Gasteiger partial charge in [0.15, 0.2) is 0 Å². The Morgan fingerprint density at radius 3 is 2.54 bits per heavy atom. The summed E-state index contributed by atoms with van der Waals surface area (Å²) in [5, 5.41) is 4.15. The lowest BCUT2D eigenvalue weighted by molar-refractivity contribution is 0.212. The van der Waals surface area contributed by atoms with Gasteiger partial charge in [-0.2, -0.15) is 4.98 Å². The largest absolute Gasteiger partial charge is 0.497 e. The fourth-order valence-corrected chi connectivity index (χ4v) is 3.70. The summed E-state index contributed by atoms with van der Waals surface area (Å²) in [6, 6.07) is 16.4. The molecule has 3 aromatic rings. The van der Waals surface area contributed by atoms with E-state index in [1.807, 2.05) is 43.3 Å². The Hall–Kier alpha value is -2.86. The first kappa shape index (κ1) is 18.5. The van der Waals surface area contributed by atoms with Crippen molar-refractivity contribution in [3.63, 3.8) is 0 Å². The van der Waals surface area contributed by atoms with Crippen molar-refractivity contribution in [1.29, 1.82) is 0 Å². The number of hydrogen-bond donors (Lipinski definition) is 0. The van der Waals surface area contributed by atoms with Gasteiger partial charge >= 0.3 is 0 Å². The van der Waals surface area contributed by atoms with Gasteiger partial charge in [-0.05, 0) is 68.3 Å². The minimum absolute atomic E-state index is 0.367. The third-order valence-electron chi connectivity index (χ3n) is 5.09. The van der Waals surface area contributed by atoms with Crippen LogP contribution in [-0.4, -0.2) is 35.3 Å². The van der Waals surface area contributed by atoms with Crippen LogP contribution in [0.15, 0.2) is 53.1 Å². The first-order valence-electron chi connectivity index (χ1n) is 9.70. The van der Waals surface area contributed by atoms with Crippen LogP contribution in [0.1, 0.15) is 37.3 Å². The van der Waals surface area contributed by atoms with E-state index in [2.05, 4.69) is 27.2 Å². The summed E-state index contributed by atoms with van der Waals surface area (Å²) < 4.78 is 16.3. The van der Waals surface area contributed by atoms with Crippen molar-refractivity contribution >= 4 is 0 Å². The van der Waals surface area contributed by atoms with Gasteiger partial charge in [-0.1, -0.05) is 17.3 Å². The molecule has 0 N–H and O–H groups in total. The van der Waals surface area contributed by atoms with Crippen molar-refractivity contribution in [2.45, 2.75) is 32.4 Å². The van der Waals surface area contributed by atoms with E-state index < -0.39 is 0 Å². The molecule has 0 spiro atoms. The summed E-state index contributed by atoms with van der Waals surface area (Å²) in [4.78, 5) is 6.99. The average Bonchev–Trinajstić information content (AvgIpc) is 3.39. The van der Waals surface area contributed by atoms with E-state index in [9.17, 15) is 0 Å². The number of methoxy groups -OCH3 is 1. The molecule has 2 aromatic carbocycles. The fourth-order valence-electron chi connectivity index (χ4n) is 3.70. The lowest BCUT2D eigenvalue weighted by atomic mass is 10.0. The molecule has 1 aliphatic rings. The summed E-state index contributed by atoms with van der Waals surface area (Å²) in [6.07, 6.45) is 2.29. The van der Waals surface area contributed by atoms with Crippen LogP contribution >= 0.6 is 0 Å². The Labute approximate surface area is 165 Å². The normalized spacial score (nSPS) is 17.0. The highest BCUT2D eigenvalue weighted by Crippen LogP contribution is 2.34. The van der Waals surface area contributed by atoms with Crippen LogP contribution in [0.4, 0.5) is 0 Å². The molecule has 6 heteroatoms. The highest BCUT2D eigenvalue weighted by Gasteiger charge is 2.27. The van der Waals surface area contributed by atoms with Crippen molar-refractivity contribution in [2.24, 2.45) is 0 Å². The average molecular weight is 379 g/mol. The molecule has 6 nitrogen and oxygen atoms in total. The topological polar surface area (TPSA) is 60.6 Å². The van der Waals surface area contributed by atoms with Crippen LogP contribution in [0.2, 0.25) is 0 Å². The van der Waals surface area contributed by atoms with Crippen molar-refractivity contribution in [2.75, 3.05) is 20.3 Å². The standard InChI is InChI=1S/C22H25N3O3/c1-3-27-19-12-8-17(9-13-19)22-23-21(28-24-22)15-25-14-4-5-20(25)16-6-10-18(26-2)11-7-16/h6-13,20H,3-5,14-15H2,1-2H3. The number of aromatic nitrogens is 2. The van der Waals surface area contributed by atoms with Gasteiger partial charge in [0.1, 0.15) is 11.5 Å². The molecule has 0 bridgehead atoms. The van der Waals surface area contributed by atoms with Crippen LogP contribution in [0, 0.1) is 0 Å². The van der Waals surface area contributed by atoms with Crippen molar-refractivity contribution in [3.05, 3.63) is 60.0 Å². The van der Waals surface area contributed by atoms with Gasteiger partial charge in [-0.15, -0.1) is 0 Å². The lowest BCUT2D eigenvalue weighted by Crippen LogP contribution is -2.22. The molecule has 0 aliphatic carbocycles. The molecule has 146 valence electrons. The fraction of sp³-hybridized carbons (Fsp3) is 0.364. The van der Waals surface area contributed by atoms with Gasteiger partial charge in [0.25, 0.3) is 0 Å². The summed E-state index contributed by atoms with van der Waals surface area (Å²) in [6.45, 7) is 4.30. The summed E-state index contributed by atoms with van der Waals surface area (Å²) in [5.74, 6) is 2.97. The number of nitrogens with zero attached hydrogens (tertiary/aromatic N) is 3. The predicted octanol–water partition coefficient (Wildman–Crippen LogP) is 4.48. The van der Waals surface area contributed by atoms with Gasteiger partial charge < -0.3 is 14.0 Å². The molecule has 0 saturated carbocycles. The monoisotopic (exact) mass is 379 g/mol. The van der Waals surface area contributed by atoms with Crippen LogP contribution in [-0.2, 0) is 6.54 Å². The molecule has 28 heavy (non-hydrogen) atoms. The van der Waals surface area contributed by atoms with E-state index in [1.165, 1.54) is 5.56 Å². The molecule has 0 radical (unpaired) electrons. The van der Waals surface area contributed by atoms with Crippen LogP contribution in [0.3, 0.4) is 0 Å². The van der Waals surface area contributed by atoms with Crippen LogP contribution in [0.25, 0.3) is 11.4 Å². The van der Waals surface area contributed by atoms with Gasteiger partial charge in [-0.25, -0.2) is 0 Å². The van der Waals surface area contributed by atoms with Crippen LogP contribution in [0.5, 0.6) is 11.5 Å². The molecule has 4 rings (SSSR count). The Balaban J connectivity index is 1.45. The number of likely N-dealkylation sites (tertiary alicyclic amines) is 1. The van der Waals surface area contributed by atoms with Gasteiger partial charge in [0.05, 0.1) is 20.3 Å². The SMILES string of the molecule is CCOc1ccc(-c2noc(CN3CCCC3c3ccc(OC)cc3)n2)cc1. The molecule has 1 unspecified atom stereocenters. The second-order valence-electron chi connectivity index (χ2n) is 6.87. The predicted molar refractivity (Wildman–Crippen MR) is 106 cm³/mol. The summed E-state index contributed by atoms with van der Waals surface area (Å²) in [7, 11) is 1.69. The third kappa shape index (κ3) is 4.02. The molecule has 1 saturated heterocycles. The number of rotatable bonds is 7. The minimum atomic E-state index is 0.367. The molecule has 1 atom stereocenters. The van der Waals surface area contributed by atoms with Gasteiger partial charge in [-0.3, -0.25) is 4.90 Å². The van der Waals surface area contributed by atoms with Crippen molar-refractivity contribution in [1.82, 2.24) is 15.0 Å². The van der Waals surface area contributed by atoms with E-state index in [-0.39, 0.29) is 0 Å². The maximum atomic E-state index is 5.53. The van der Waals surface area contributed by atoms with E-state index in [4.69, 9.17) is 14.0 Å². The number of benzene rings is 2. The lowest BCUT2D eigenvalue weighted by Gasteiger charge is -2.23. The van der Waals surface area contributed by atoms with E-state index in [1.54, 1.807) is 7.11 Å². The first-order chi connectivity index (χ1) is 13.8.